The molecule has 0 aliphatic rings. The Hall–Kier alpha value is -2.41. The molecule has 3 rings (SSSR count). The lowest BCUT2D eigenvalue weighted by Gasteiger charge is -2.18. The molecule has 1 amide bonds. The van der Waals surface area contributed by atoms with Gasteiger partial charge < -0.3 is 9.73 Å². The van der Waals surface area contributed by atoms with Crippen LogP contribution in [0, 0.1) is 0 Å². The second kappa shape index (κ2) is 6.00. The van der Waals surface area contributed by atoms with Gasteiger partial charge >= 0.3 is 0 Å². The Balaban J connectivity index is 1.62. The van der Waals surface area contributed by atoms with E-state index in [4.69, 9.17) is 4.42 Å². The number of oxazole rings is 1. The number of nitrogens with zero attached hydrogens (tertiary/aromatic N) is 3. The second-order valence-electron chi connectivity index (χ2n) is 6.19. The summed E-state index contributed by atoms with van der Waals surface area (Å²) >= 11 is 1.55. The Kier molecular flexibility index (Phi) is 4.04. The number of anilines is 1. The van der Waals surface area contributed by atoms with Gasteiger partial charge in [0.25, 0.3) is 0 Å². The lowest BCUT2D eigenvalue weighted by atomic mass is 10.1. The van der Waals surface area contributed by atoms with E-state index in [1.165, 1.54) is 6.26 Å². The molecule has 0 aliphatic heterocycles. The van der Waals surface area contributed by atoms with Crippen LogP contribution in [0.2, 0.25) is 0 Å². The van der Waals surface area contributed by atoms with Gasteiger partial charge in [-0.2, -0.15) is 5.10 Å². The summed E-state index contributed by atoms with van der Waals surface area (Å²) in [4.78, 5) is 17.4. The Morgan fingerprint density at radius 3 is 2.91 bits per heavy atom. The fourth-order valence-electron chi connectivity index (χ4n) is 2.03. The normalized spacial score (nSPS) is 11.6. The minimum absolute atomic E-state index is 0.120. The molecule has 0 radical (unpaired) electrons. The third-order valence-corrected chi connectivity index (χ3v) is 4.04. The van der Waals surface area contributed by atoms with Crippen molar-refractivity contribution < 1.29 is 9.21 Å². The molecule has 0 saturated carbocycles. The average Bonchev–Trinajstić information content (AvgIpc) is 3.17. The quantitative estimate of drug-likeness (QED) is 0.794. The van der Waals surface area contributed by atoms with Gasteiger partial charge in [-0.15, -0.1) is 11.3 Å². The number of carbonyl (C=O) groups excluding carboxylic acids is 1. The zero-order valence-corrected chi connectivity index (χ0v) is 14.1. The standard InChI is InChI=1S/C16H18N4O2S/c1-16(2,3)20-9-12(8-17-20)18-14(21)7-11-10-22-15(19-11)13-5-4-6-23-13/h4-6,8-10H,7H2,1-3H3,(H,18,21). The maximum atomic E-state index is 12.1. The number of aromatic nitrogens is 3. The van der Waals surface area contributed by atoms with Crippen molar-refractivity contribution in [3.05, 3.63) is 41.9 Å². The van der Waals surface area contributed by atoms with Crippen LogP contribution in [0.5, 0.6) is 0 Å². The van der Waals surface area contributed by atoms with Crippen LogP contribution >= 0.6 is 11.3 Å². The average molecular weight is 330 g/mol. The number of hydrogen-bond acceptors (Lipinski definition) is 5. The van der Waals surface area contributed by atoms with Crippen LogP contribution in [0.15, 0.2) is 40.6 Å². The van der Waals surface area contributed by atoms with E-state index in [2.05, 4.69) is 15.4 Å². The Morgan fingerprint density at radius 1 is 1.43 bits per heavy atom. The molecule has 3 aromatic heterocycles. The van der Waals surface area contributed by atoms with Gasteiger partial charge in [-0.25, -0.2) is 4.98 Å². The van der Waals surface area contributed by atoms with Gasteiger partial charge in [-0.1, -0.05) is 6.07 Å². The Labute approximate surface area is 138 Å². The van der Waals surface area contributed by atoms with Gasteiger partial charge in [-0.05, 0) is 32.2 Å². The minimum Gasteiger partial charge on any atom is -0.444 e. The van der Waals surface area contributed by atoms with Crippen molar-refractivity contribution in [2.45, 2.75) is 32.7 Å². The van der Waals surface area contributed by atoms with Crippen molar-refractivity contribution in [2.75, 3.05) is 5.32 Å². The molecule has 23 heavy (non-hydrogen) atoms. The molecule has 3 aromatic rings. The summed E-state index contributed by atoms with van der Waals surface area (Å²) in [6.45, 7) is 6.15. The molecule has 6 nitrogen and oxygen atoms in total. The maximum Gasteiger partial charge on any atom is 0.236 e. The highest BCUT2D eigenvalue weighted by molar-refractivity contribution is 7.13. The van der Waals surface area contributed by atoms with Crippen molar-refractivity contribution >= 4 is 22.9 Å². The van der Waals surface area contributed by atoms with E-state index in [9.17, 15) is 4.79 Å². The van der Waals surface area contributed by atoms with E-state index in [-0.39, 0.29) is 17.9 Å². The van der Waals surface area contributed by atoms with E-state index in [0.717, 1.165) is 4.88 Å². The number of nitrogens with one attached hydrogen (secondary N) is 1. The van der Waals surface area contributed by atoms with Crippen molar-refractivity contribution in [3.63, 3.8) is 0 Å². The van der Waals surface area contributed by atoms with E-state index in [1.54, 1.807) is 17.5 Å². The van der Waals surface area contributed by atoms with E-state index in [1.807, 2.05) is 49.2 Å². The number of thiophene rings is 1. The lowest BCUT2D eigenvalue weighted by Crippen LogP contribution is -2.22. The molecular formula is C16H18N4O2S. The van der Waals surface area contributed by atoms with Gasteiger partial charge in [-0.3, -0.25) is 9.48 Å². The third-order valence-electron chi connectivity index (χ3n) is 3.18. The summed E-state index contributed by atoms with van der Waals surface area (Å²) in [7, 11) is 0. The summed E-state index contributed by atoms with van der Waals surface area (Å²) in [5.41, 5.74) is 1.16. The number of hydrogen-bond donors (Lipinski definition) is 1. The first kappa shape index (κ1) is 15.5. The van der Waals surface area contributed by atoms with Crippen LogP contribution in [-0.4, -0.2) is 20.7 Å². The minimum atomic E-state index is -0.149. The molecule has 0 bridgehead atoms. The molecule has 0 atom stereocenters. The second-order valence-corrected chi connectivity index (χ2v) is 7.14. The largest absolute Gasteiger partial charge is 0.444 e. The number of carbonyl (C=O) groups is 1. The number of rotatable bonds is 4. The molecular weight excluding hydrogens is 312 g/mol. The molecule has 1 N–H and O–H groups in total. The predicted molar refractivity (Wildman–Crippen MR) is 89.4 cm³/mol. The van der Waals surface area contributed by atoms with Gasteiger partial charge in [0.2, 0.25) is 11.8 Å². The highest BCUT2D eigenvalue weighted by Crippen LogP contribution is 2.24. The smallest absolute Gasteiger partial charge is 0.236 e. The first-order chi connectivity index (χ1) is 10.9. The van der Waals surface area contributed by atoms with Gasteiger partial charge in [0, 0.05) is 6.20 Å². The first-order valence-corrected chi connectivity index (χ1v) is 8.13. The van der Waals surface area contributed by atoms with Gasteiger partial charge in [0.15, 0.2) is 0 Å². The zero-order valence-electron chi connectivity index (χ0n) is 13.2. The predicted octanol–water partition coefficient (Wildman–Crippen LogP) is 3.54. The summed E-state index contributed by atoms with van der Waals surface area (Å²) < 4.78 is 7.22. The summed E-state index contributed by atoms with van der Waals surface area (Å²) in [5.74, 6) is 0.396. The molecule has 0 unspecified atom stereocenters. The maximum absolute atomic E-state index is 12.1. The van der Waals surface area contributed by atoms with Gasteiger partial charge in [0.1, 0.15) is 6.26 Å². The van der Waals surface area contributed by atoms with E-state index < -0.39 is 0 Å². The molecule has 0 fully saturated rings. The van der Waals surface area contributed by atoms with E-state index >= 15 is 0 Å². The third kappa shape index (κ3) is 3.68. The summed E-state index contributed by atoms with van der Waals surface area (Å²) in [6, 6.07) is 3.87. The fourth-order valence-corrected chi connectivity index (χ4v) is 2.68. The van der Waals surface area contributed by atoms with Crippen LogP contribution in [0.4, 0.5) is 5.69 Å². The molecule has 0 aliphatic carbocycles. The number of amides is 1. The Bertz CT molecular complexity index is 796. The Morgan fingerprint density at radius 2 is 2.26 bits per heavy atom. The van der Waals surface area contributed by atoms with Crippen LogP contribution in [-0.2, 0) is 16.8 Å². The van der Waals surface area contributed by atoms with Crippen molar-refractivity contribution in [1.82, 2.24) is 14.8 Å². The van der Waals surface area contributed by atoms with E-state index in [0.29, 0.717) is 17.3 Å². The lowest BCUT2D eigenvalue weighted by molar-refractivity contribution is -0.115. The van der Waals surface area contributed by atoms with Crippen molar-refractivity contribution in [1.29, 1.82) is 0 Å². The van der Waals surface area contributed by atoms with Crippen molar-refractivity contribution in [3.8, 4) is 10.8 Å². The topological polar surface area (TPSA) is 73.0 Å². The highest BCUT2D eigenvalue weighted by Gasteiger charge is 2.16. The van der Waals surface area contributed by atoms with Crippen LogP contribution in [0.1, 0.15) is 26.5 Å². The summed E-state index contributed by atoms with van der Waals surface area (Å²) in [5, 5.41) is 9.04. The van der Waals surface area contributed by atoms with Crippen LogP contribution in [0.25, 0.3) is 10.8 Å². The molecule has 3 heterocycles. The molecule has 7 heteroatoms. The zero-order chi connectivity index (χ0) is 16.4. The highest BCUT2D eigenvalue weighted by atomic mass is 32.1. The SMILES string of the molecule is CC(C)(C)n1cc(NC(=O)Cc2coc(-c3cccs3)n2)cn1. The molecule has 0 spiro atoms. The fraction of sp³-hybridized carbons (Fsp3) is 0.312. The first-order valence-electron chi connectivity index (χ1n) is 7.25. The van der Waals surface area contributed by atoms with Crippen molar-refractivity contribution in [2.24, 2.45) is 0 Å². The monoisotopic (exact) mass is 330 g/mol. The molecule has 0 saturated heterocycles. The molecule has 120 valence electrons. The summed E-state index contributed by atoms with van der Waals surface area (Å²) in [6.07, 6.45) is 5.14. The van der Waals surface area contributed by atoms with Crippen LogP contribution < -0.4 is 5.32 Å². The molecule has 0 aromatic carbocycles. The van der Waals surface area contributed by atoms with Gasteiger partial charge in [0.05, 0.1) is 34.4 Å². The van der Waals surface area contributed by atoms with Crippen LogP contribution in [0.3, 0.4) is 0 Å².